The molecule has 202 valence electrons. The predicted octanol–water partition coefficient (Wildman–Crippen LogP) is 3.79. The maximum absolute atomic E-state index is 13.2. The summed E-state index contributed by atoms with van der Waals surface area (Å²) in [5.74, 6) is 0.932. The van der Waals surface area contributed by atoms with Crippen LogP contribution in [-0.4, -0.2) is 80.2 Å². The lowest BCUT2D eigenvalue weighted by Crippen LogP contribution is -2.37. The van der Waals surface area contributed by atoms with E-state index >= 15 is 0 Å². The number of rotatable bonds is 6. The molecule has 6 rings (SSSR count). The van der Waals surface area contributed by atoms with Gasteiger partial charge in [0, 0.05) is 50.2 Å². The van der Waals surface area contributed by atoms with E-state index in [-0.39, 0.29) is 6.04 Å². The lowest BCUT2D eigenvalue weighted by atomic mass is 10.0. The van der Waals surface area contributed by atoms with Gasteiger partial charge in [0.1, 0.15) is 5.82 Å². The molecule has 4 aromatic rings. The highest BCUT2D eigenvalue weighted by molar-refractivity contribution is 5.89. The predicted molar refractivity (Wildman–Crippen MR) is 143 cm³/mol. The zero-order valence-corrected chi connectivity index (χ0v) is 21.3. The molecule has 2 aliphatic heterocycles. The molecule has 0 unspecified atom stereocenters. The second-order valence-electron chi connectivity index (χ2n) is 9.80. The van der Waals surface area contributed by atoms with Crippen molar-refractivity contribution in [2.45, 2.75) is 25.4 Å². The van der Waals surface area contributed by atoms with Crippen LogP contribution in [0, 0.1) is 5.95 Å². The van der Waals surface area contributed by atoms with Crippen LogP contribution < -0.4 is 10.2 Å². The molecule has 0 atom stereocenters. The lowest BCUT2D eigenvalue weighted by molar-refractivity contribution is 0.122. The van der Waals surface area contributed by atoms with Crippen molar-refractivity contribution in [2.24, 2.45) is 0 Å². The summed E-state index contributed by atoms with van der Waals surface area (Å²) in [4.78, 5) is 29.2. The van der Waals surface area contributed by atoms with E-state index < -0.39 is 12.0 Å². The highest BCUT2D eigenvalue weighted by Gasteiger charge is 2.26. The van der Waals surface area contributed by atoms with Crippen molar-refractivity contribution in [2.75, 3.05) is 49.6 Å². The monoisotopic (exact) mass is 532 g/mol. The number of ether oxygens (including phenoxy) is 1. The van der Waals surface area contributed by atoms with Crippen LogP contribution in [0.25, 0.3) is 22.4 Å². The van der Waals surface area contributed by atoms with Gasteiger partial charge < -0.3 is 14.7 Å². The van der Waals surface area contributed by atoms with Gasteiger partial charge in [-0.2, -0.15) is 9.49 Å². The minimum absolute atomic E-state index is 0.188. The fourth-order valence-corrected chi connectivity index (χ4v) is 5.23. The standard InChI is InChI=1S/C27H29FN8O3/c28-23-6-1-18(15-29-23)17-34-9-7-21(8-10-34)36-26-22(16-30-36)25(35-11-13-39-14-12-35)32-24(33-26)19-2-4-20(5-3-19)31-27(37)38/h1-6,15-16,21,31H,7-14,17H2,(H,37,38). The summed E-state index contributed by atoms with van der Waals surface area (Å²) in [7, 11) is 0. The molecule has 0 bridgehead atoms. The van der Waals surface area contributed by atoms with Gasteiger partial charge in [0.2, 0.25) is 5.95 Å². The van der Waals surface area contributed by atoms with Gasteiger partial charge in [0.15, 0.2) is 11.5 Å². The van der Waals surface area contributed by atoms with E-state index in [1.807, 2.05) is 23.0 Å². The number of benzene rings is 1. The topological polar surface area (TPSA) is 122 Å². The Bertz CT molecular complexity index is 1450. The molecule has 2 fully saturated rings. The summed E-state index contributed by atoms with van der Waals surface area (Å²) in [6.07, 6.45) is 4.17. The maximum atomic E-state index is 13.2. The summed E-state index contributed by atoms with van der Waals surface area (Å²) in [5.41, 5.74) is 3.05. The van der Waals surface area contributed by atoms with Crippen molar-refractivity contribution in [3.8, 4) is 11.4 Å². The second kappa shape index (κ2) is 10.9. The van der Waals surface area contributed by atoms with Crippen LogP contribution in [0.15, 0.2) is 48.8 Å². The number of piperidine rings is 1. The molecule has 0 saturated carbocycles. The number of nitrogens with one attached hydrogen (secondary N) is 1. The molecule has 0 spiro atoms. The van der Waals surface area contributed by atoms with Crippen molar-refractivity contribution in [3.05, 3.63) is 60.3 Å². The Hall–Kier alpha value is -4.16. The number of pyridine rings is 1. The Morgan fingerprint density at radius 3 is 2.49 bits per heavy atom. The number of carbonyl (C=O) groups is 1. The summed E-state index contributed by atoms with van der Waals surface area (Å²) < 4.78 is 20.8. The molecule has 2 saturated heterocycles. The number of morpholine rings is 1. The minimum Gasteiger partial charge on any atom is -0.465 e. The average molecular weight is 533 g/mol. The average Bonchev–Trinajstić information content (AvgIpc) is 3.39. The van der Waals surface area contributed by atoms with Crippen molar-refractivity contribution >= 4 is 28.6 Å². The third-order valence-corrected chi connectivity index (χ3v) is 7.24. The van der Waals surface area contributed by atoms with E-state index in [1.165, 1.54) is 6.07 Å². The van der Waals surface area contributed by atoms with E-state index in [0.717, 1.165) is 73.5 Å². The number of fused-ring (bicyclic) bond motifs is 1. The first-order valence-corrected chi connectivity index (χ1v) is 13.0. The first-order valence-electron chi connectivity index (χ1n) is 13.0. The molecular weight excluding hydrogens is 503 g/mol. The van der Waals surface area contributed by atoms with Crippen LogP contribution in [0.1, 0.15) is 24.4 Å². The number of likely N-dealkylation sites (tertiary alicyclic amines) is 1. The van der Waals surface area contributed by atoms with Gasteiger partial charge in [0.25, 0.3) is 0 Å². The summed E-state index contributed by atoms with van der Waals surface area (Å²) in [6.45, 7) is 5.23. The highest BCUT2D eigenvalue weighted by Crippen LogP contribution is 2.32. The number of hydrogen-bond acceptors (Lipinski definition) is 8. The molecule has 3 aromatic heterocycles. The first kappa shape index (κ1) is 25.1. The Balaban J connectivity index is 1.28. The highest BCUT2D eigenvalue weighted by atomic mass is 19.1. The summed E-state index contributed by atoms with van der Waals surface area (Å²) >= 11 is 0. The minimum atomic E-state index is -1.11. The fourth-order valence-electron chi connectivity index (χ4n) is 5.23. The molecule has 2 aliphatic rings. The zero-order chi connectivity index (χ0) is 26.8. The summed E-state index contributed by atoms with van der Waals surface area (Å²) in [6, 6.07) is 10.4. The quantitative estimate of drug-likeness (QED) is 0.357. The van der Waals surface area contributed by atoms with Gasteiger partial charge >= 0.3 is 6.09 Å². The van der Waals surface area contributed by atoms with Crippen molar-refractivity contribution in [1.82, 2.24) is 29.6 Å². The number of carboxylic acid groups (broad SMARTS) is 1. The molecule has 12 heteroatoms. The largest absolute Gasteiger partial charge is 0.465 e. The fraction of sp³-hybridized carbons (Fsp3) is 0.370. The molecule has 2 N–H and O–H groups in total. The number of halogens is 1. The Labute approximate surface area is 224 Å². The van der Waals surface area contributed by atoms with Crippen molar-refractivity contribution in [1.29, 1.82) is 0 Å². The van der Waals surface area contributed by atoms with Gasteiger partial charge in [-0.25, -0.2) is 24.4 Å². The molecular formula is C27H29FN8O3. The molecule has 5 heterocycles. The normalized spacial score (nSPS) is 17.0. The zero-order valence-electron chi connectivity index (χ0n) is 21.3. The number of amides is 1. The van der Waals surface area contributed by atoms with E-state index in [0.29, 0.717) is 24.7 Å². The molecule has 39 heavy (non-hydrogen) atoms. The molecule has 1 aromatic carbocycles. The number of hydrogen-bond donors (Lipinski definition) is 2. The van der Waals surface area contributed by atoms with Crippen LogP contribution in [-0.2, 0) is 11.3 Å². The molecule has 0 aliphatic carbocycles. The Morgan fingerprint density at radius 2 is 1.79 bits per heavy atom. The van der Waals surface area contributed by atoms with Crippen LogP contribution in [0.2, 0.25) is 0 Å². The number of anilines is 2. The van der Waals surface area contributed by atoms with Crippen LogP contribution >= 0.6 is 0 Å². The SMILES string of the molecule is O=C(O)Nc1ccc(-c2nc(N3CCOCC3)c3cnn(C4CCN(Cc5ccc(F)nc5)CC4)c3n2)cc1. The van der Waals surface area contributed by atoms with Crippen LogP contribution in [0.5, 0.6) is 0 Å². The van der Waals surface area contributed by atoms with Crippen LogP contribution in [0.4, 0.5) is 20.7 Å². The molecule has 11 nitrogen and oxygen atoms in total. The smallest absolute Gasteiger partial charge is 0.409 e. The molecule has 1 amide bonds. The third kappa shape index (κ3) is 5.52. The van der Waals surface area contributed by atoms with Gasteiger partial charge in [-0.05, 0) is 48.7 Å². The Morgan fingerprint density at radius 1 is 1.03 bits per heavy atom. The van der Waals surface area contributed by atoms with E-state index in [1.54, 1.807) is 24.4 Å². The summed E-state index contributed by atoms with van der Waals surface area (Å²) in [5, 5.41) is 17.1. The van der Waals surface area contributed by atoms with Gasteiger partial charge in [-0.1, -0.05) is 6.07 Å². The third-order valence-electron chi connectivity index (χ3n) is 7.24. The number of aromatic nitrogens is 5. The van der Waals surface area contributed by atoms with Gasteiger partial charge in [-0.3, -0.25) is 10.2 Å². The van der Waals surface area contributed by atoms with E-state index in [2.05, 4.69) is 20.1 Å². The maximum Gasteiger partial charge on any atom is 0.409 e. The molecule has 0 radical (unpaired) electrons. The van der Waals surface area contributed by atoms with Crippen molar-refractivity contribution < 1.29 is 19.0 Å². The number of nitrogens with zero attached hydrogens (tertiary/aromatic N) is 7. The van der Waals surface area contributed by atoms with Gasteiger partial charge in [0.05, 0.1) is 30.8 Å². The lowest BCUT2D eigenvalue weighted by Gasteiger charge is -2.32. The van der Waals surface area contributed by atoms with E-state index in [4.69, 9.17) is 24.9 Å². The van der Waals surface area contributed by atoms with Crippen molar-refractivity contribution in [3.63, 3.8) is 0 Å². The van der Waals surface area contributed by atoms with Gasteiger partial charge in [-0.15, -0.1) is 0 Å². The second-order valence-corrected chi connectivity index (χ2v) is 9.80. The van der Waals surface area contributed by atoms with E-state index in [9.17, 15) is 9.18 Å². The first-order chi connectivity index (χ1) is 19.0. The van der Waals surface area contributed by atoms with Crippen LogP contribution in [0.3, 0.4) is 0 Å². The Kier molecular flexibility index (Phi) is 7.03.